The number of benzene rings is 1. The molecule has 0 atom stereocenters. The van der Waals surface area contributed by atoms with Gasteiger partial charge in [-0.1, -0.05) is 30.0 Å². The summed E-state index contributed by atoms with van der Waals surface area (Å²) in [6, 6.07) is 9.26. The van der Waals surface area contributed by atoms with Crippen molar-refractivity contribution in [3.8, 4) is 22.8 Å². The molecule has 0 unspecified atom stereocenters. The van der Waals surface area contributed by atoms with E-state index >= 15 is 0 Å². The topological polar surface area (TPSA) is 89.0 Å². The van der Waals surface area contributed by atoms with Gasteiger partial charge in [0.1, 0.15) is 10.9 Å². The lowest BCUT2D eigenvalue weighted by molar-refractivity contribution is -0.140. The Morgan fingerprint density at radius 2 is 2.11 bits per heavy atom. The van der Waals surface area contributed by atoms with Crippen LogP contribution in [0.1, 0.15) is 5.56 Å². The lowest BCUT2D eigenvalue weighted by Crippen LogP contribution is -2.33. The Labute approximate surface area is 163 Å². The first-order valence-corrected chi connectivity index (χ1v) is 9.07. The summed E-state index contributed by atoms with van der Waals surface area (Å²) in [4.78, 5) is 29.0. The lowest BCUT2D eigenvalue weighted by Gasteiger charge is -2.10. The van der Waals surface area contributed by atoms with Crippen molar-refractivity contribution in [3.05, 3.63) is 47.0 Å². The van der Waals surface area contributed by atoms with Gasteiger partial charge in [-0.25, -0.2) is 0 Å². The highest BCUT2D eigenvalue weighted by molar-refractivity contribution is 8.26. The summed E-state index contributed by atoms with van der Waals surface area (Å²) in [5.74, 6) is -0.131. The van der Waals surface area contributed by atoms with Gasteiger partial charge in [-0.2, -0.15) is 0 Å². The van der Waals surface area contributed by atoms with E-state index in [1.807, 2.05) is 30.3 Å². The van der Waals surface area contributed by atoms with Crippen molar-refractivity contribution in [2.45, 2.75) is 0 Å². The van der Waals surface area contributed by atoms with Gasteiger partial charge in [0.15, 0.2) is 11.5 Å². The van der Waals surface area contributed by atoms with Crippen LogP contribution < -0.4 is 9.47 Å². The molecule has 0 aliphatic carbocycles. The van der Waals surface area contributed by atoms with Crippen LogP contribution in [0.5, 0.6) is 11.5 Å². The van der Waals surface area contributed by atoms with Gasteiger partial charge in [0.25, 0.3) is 5.91 Å². The molecule has 2 aliphatic heterocycles. The SMILES string of the molecule is O=C(O)CN1C(=O)/C(=C/c2ccc(-c3ccc4c(c3)OCO4)nc2)SC1=S. The van der Waals surface area contributed by atoms with Crippen LogP contribution in [0.4, 0.5) is 0 Å². The van der Waals surface area contributed by atoms with Gasteiger partial charge in [0.05, 0.1) is 10.6 Å². The van der Waals surface area contributed by atoms with Crippen molar-refractivity contribution in [1.29, 1.82) is 0 Å². The maximum atomic E-state index is 12.3. The number of ether oxygens (including phenoxy) is 2. The summed E-state index contributed by atoms with van der Waals surface area (Å²) in [6.45, 7) is -0.228. The van der Waals surface area contributed by atoms with Crippen molar-refractivity contribution in [1.82, 2.24) is 9.88 Å². The van der Waals surface area contributed by atoms with E-state index in [0.717, 1.165) is 33.5 Å². The van der Waals surface area contributed by atoms with Crippen LogP contribution in [-0.2, 0) is 9.59 Å². The van der Waals surface area contributed by atoms with E-state index in [0.29, 0.717) is 16.4 Å². The Kier molecular flexibility index (Phi) is 4.54. The van der Waals surface area contributed by atoms with E-state index in [2.05, 4.69) is 4.98 Å². The predicted octanol–water partition coefficient (Wildman–Crippen LogP) is 2.76. The van der Waals surface area contributed by atoms with Crippen molar-refractivity contribution >= 4 is 46.3 Å². The highest BCUT2D eigenvalue weighted by Gasteiger charge is 2.33. The Morgan fingerprint density at radius 3 is 2.85 bits per heavy atom. The number of thioether (sulfide) groups is 1. The lowest BCUT2D eigenvalue weighted by atomic mass is 10.1. The molecule has 1 N–H and O–H groups in total. The summed E-state index contributed by atoms with van der Waals surface area (Å²) < 4.78 is 10.9. The van der Waals surface area contributed by atoms with Crippen LogP contribution in [0.3, 0.4) is 0 Å². The zero-order valence-electron chi connectivity index (χ0n) is 13.7. The molecule has 0 bridgehead atoms. The normalized spacial score (nSPS) is 17.0. The summed E-state index contributed by atoms with van der Waals surface area (Å²) >= 11 is 6.16. The van der Waals surface area contributed by atoms with E-state index in [9.17, 15) is 9.59 Å². The molecule has 4 rings (SSSR count). The maximum Gasteiger partial charge on any atom is 0.323 e. The van der Waals surface area contributed by atoms with Crippen LogP contribution in [0, 0.1) is 0 Å². The third kappa shape index (κ3) is 3.51. The summed E-state index contributed by atoms with van der Waals surface area (Å²) in [5.41, 5.74) is 2.36. The number of rotatable bonds is 4. The number of amides is 1. The second-order valence-corrected chi connectivity index (χ2v) is 7.38. The molecule has 2 aromatic rings. The number of aliphatic carboxylic acids is 1. The maximum absolute atomic E-state index is 12.3. The minimum atomic E-state index is -1.11. The quantitative estimate of drug-likeness (QED) is 0.619. The van der Waals surface area contributed by atoms with Crippen LogP contribution >= 0.6 is 24.0 Å². The number of carboxylic acids is 1. The summed E-state index contributed by atoms with van der Waals surface area (Å²) in [5, 5.41) is 8.87. The number of fused-ring (bicyclic) bond motifs is 1. The number of thiocarbonyl (C=S) groups is 1. The van der Waals surface area contributed by atoms with Gasteiger partial charge in [-0.15, -0.1) is 0 Å². The summed E-state index contributed by atoms with van der Waals surface area (Å²) in [7, 11) is 0. The number of pyridine rings is 1. The molecule has 3 heterocycles. The highest BCUT2D eigenvalue weighted by Crippen LogP contribution is 2.36. The Morgan fingerprint density at radius 1 is 1.30 bits per heavy atom. The summed E-state index contributed by atoms with van der Waals surface area (Å²) in [6.07, 6.45) is 3.29. The van der Waals surface area contributed by atoms with E-state index in [1.165, 1.54) is 0 Å². The van der Waals surface area contributed by atoms with Gasteiger partial charge in [0.2, 0.25) is 6.79 Å². The number of carbonyl (C=O) groups excluding carboxylic acids is 1. The first-order valence-electron chi connectivity index (χ1n) is 7.84. The number of carbonyl (C=O) groups is 2. The average molecular weight is 400 g/mol. The van der Waals surface area contributed by atoms with Crippen LogP contribution in [0.2, 0.25) is 0 Å². The van der Waals surface area contributed by atoms with Gasteiger partial charge < -0.3 is 14.6 Å². The molecule has 1 aromatic heterocycles. The van der Waals surface area contributed by atoms with Crippen molar-refractivity contribution in [2.24, 2.45) is 0 Å². The zero-order chi connectivity index (χ0) is 19.0. The Hall–Kier alpha value is -2.91. The Balaban J connectivity index is 1.54. The van der Waals surface area contributed by atoms with E-state index in [-0.39, 0.29) is 11.1 Å². The van der Waals surface area contributed by atoms with Crippen molar-refractivity contribution < 1.29 is 24.2 Å². The molecule has 7 nitrogen and oxygen atoms in total. The molecular weight excluding hydrogens is 388 g/mol. The fraction of sp³-hybridized carbons (Fsp3) is 0.111. The van der Waals surface area contributed by atoms with Crippen molar-refractivity contribution in [3.63, 3.8) is 0 Å². The monoisotopic (exact) mass is 400 g/mol. The molecular formula is C18H12N2O5S2. The molecule has 1 saturated heterocycles. The van der Waals surface area contributed by atoms with Gasteiger partial charge in [-0.05, 0) is 35.9 Å². The van der Waals surface area contributed by atoms with Gasteiger partial charge >= 0.3 is 5.97 Å². The predicted molar refractivity (Wildman–Crippen MR) is 103 cm³/mol. The number of carboxylic acid groups (broad SMARTS) is 1. The fourth-order valence-electron chi connectivity index (χ4n) is 2.64. The molecule has 0 saturated carbocycles. The average Bonchev–Trinajstić information content (AvgIpc) is 3.22. The van der Waals surface area contributed by atoms with E-state index in [4.69, 9.17) is 26.8 Å². The molecule has 9 heteroatoms. The third-order valence-electron chi connectivity index (χ3n) is 3.92. The standard InChI is InChI=1S/C18H12N2O5S2/c21-16(22)8-20-17(23)15(27-18(20)26)5-10-1-3-12(19-7-10)11-2-4-13-14(6-11)25-9-24-13/h1-7H,8-9H2,(H,21,22)/b15-5-. The molecule has 1 aromatic carbocycles. The molecule has 136 valence electrons. The van der Waals surface area contributed by atoms with Gasteiger partial charge in [-0.3, -0.25) is 19.5 Å². The number of hydrogen-bond acceptors (Lipinski definition) is 7. The second kappa shape index (κ2) is 7.01. The fourth-order valence-corrected chi connectivity index (χ4v) is 3.90. The van der Waals surface area contributed by atoms with Crippen LogP contribution in [0.25, 0.3) is 17.3 Å². The Bertz CT molecular complexity index is 988. The van der Waals surface area contributed by atoms with E-state index in [1.54, 1.807) is 12.3 Å². The third-order valence-corrected chi connectivity index (χ3v) is 5.30. The highest BCUT2D eigenvalue weighted by atomic mass is 32.2. The van der Waals surface area contributed by atoms with Crippen LogP contribution in [-0.4, -0.2) is 44.5 Å². The zero-order valence-corrected chi connectivity index (χ0v) is 15.4. The molecule has 0 radical (unpaired) electrons. The van der Waals surface area contributed by atoms with Crippen LogP contribution in [0.15, 0.2) is 41.4 Å². The first kappa shape index (κ1) is 17.5. The first-order chi connectivity index (χ1) is 13.0. The minimum Gasteiger partial charge on any atom is -0.480 e. The molecule has 27 heavy (non-hydrogen) atoms. The van der Waals surface area contributed by atoms with Crippen molar-refractivity contribution in [2.75, 3.05) is 13.3 Å². The number of aromatic nitrogens is 1. The van der Waals surface area contributed by atoms with E-state index < -0.39 is 18.4 Å². The molecule has 1 fully saturated rings. The molecule has 1 amide bonds. The largest absolute Gasteiger partial charge is 0.480 e. The minimum absolute atomic E-state index is 0.213. The molecule has 2 aliphatic rings. The smallest absolute Gasteiger partial charge is 0.323 e. The van der Waals surface area contributed by atoms with Gasteiger partial charge in [0, 0.05) is 11.8 Å². The number of nitrogens with zero attached hydrogens (tertiary/aromatic N) is 2. The number of hydrogen-bond donors (Lipinski definition) is 1. The molecule has 0 spiro atoms. The second-order valence-electron chi connectivity index (χ2n) is 5.71.